The Balaban J connectivity index is 2.97. The van der Waals surface area contributed by atoms with E-state index in [9.17, 15) is 18.5 Å². The SMILES string of the molecule is Cc1cc(Cl)c([N+](=O)[O-])cc1S(=O)(=O)NCCCC(C)O. The zero-order valence-corrected chi connectivity index (χ0v) is 13.2. The molecule has 0 bridgehead atoms. The van der Waals surface area contributed by atoms with Crippen LogP contribution in [0.25, 0.3) is 0 Å². The lowest BCUT2D eigenvalue weighted by Crippen LogP contribution is -2.26. The van der Waals surface area contributed by atoms with E-state index >= 15 is 0 Å². The predicted molar refractivity (Wildman–Crippen MR) is 78.9 cm³/mol. The van der Waals surface area contributed by atoms with Gasteiger partial charge >= 0.3 is 0 Å². The minimum atomic E-state index is -3.86. The van der Waals surface area contributed by atoms with Crippen molar-refractivity contribution < 1.29 is 18.4 Å². The number of nitrogens with zero attached hydrogens (tertiary/aromatic N) is 1. The van der Waals surface area contributed by atoms with Crippen LogP contribution in [0.2, 0.25) is 5.02 Å². The van der Waals surface area contributed by atoms with Crippen LogP contribution in [-0.2, 0) is 10.0 Å². The highest BCUT2D eigenvalue weighted by molar-refractivity contribution is 7.89. The van der Waals surface area contributed by atoms with Gasteiger partial charge in [-0.25, -0.2) is 13.1 Å². The van der Waals surface area contributed by atoms with Crippen LogP contribution in [0, 0.1) is 17.0 Å². The fourth-order valence-corrected chi connectivity index (χ4v) is 3.36. The van der Waals surface area contributed by atoms with Crippen molar-refractivity contribution in [1.82, 2.24) is 4.72 Å². The number of sulfonamides is 1. The van der Waals surface area contributed by atoms with E-state index < -0.39 is 26.7 Å². The van der Waals surface area contributed by atoms with E-state index in [1.165, 1.54) is 13.0 Å². The van der Waals surface area contributed by atoms with Crippen molar-refractivity contribution in [3.8, 4) is 0 Å². The Morgan fingerprint density at radius 2 is 2.10 bits per heavy atom. The Hall–Kier alpha value is -1.22. The van der Waals surface area contributed by atoms with Gasteiger partial charge in [0.1, 0.15) is 5.02 Å². The van der Waals surface area contributed by atoms with Crippen LogP contribution in [0.15, 0.2) is 17.0 Å². The second kappa shape index (κ2) is 7.17. The number of nitro groups is 1. The largest absolute Gasteiger partial charge is 0.393 e. The van der Waals surface area contributed by atoms with Gasteiger partial charge in [-0.15, -0.1) is 0 Å². The summed E-state index contributed by atoms with van der Waals surface area (Å²) in [5, 5.41) is 19.8. The summed E-state index contributed by atoms with van der Waals surface area (Å²) in [5.74, 6) is 0. The van der Waals surface area contributed by atoms with Gasteiger partial charge in [0.25, 0.3) is 5.69 Å². The van der Waals surface area contributed by atoms with Crippen molar-refractivity contribution >= 4 is 27.3 Å². The molecular weight excluding hydrogens is 320 g/mol. The number of rotatable bonds is 7. The zero-order valence-electron chi connectivity index (χ0n) is 11.7. The van der Waals surface area contributed by atoms with E-state index in [1.807, 2.05) is 0 Å². The molecule has 2 N–H and O–H groups in total. The van der Waals surface area contributed by atoms with Crippen molar-refractivity contribution in [1.29, 1.82) is 0 Å². The quantitative estimate of drug-likeness (QED) is 0.449. The predicted octanol–water partition coefficient (Wildman–Crippen LogP) is 2.00. The summed E-state index contributed by atoms with van der Waals surface area (Å²) in [7, 11) is -3.86. The molecule has 1 unspecified atom stereocenters. The minimum Gasteiger partial charge on any atom is -0.393 e. The van der Waals surface area contributed by atoms with Crippen LogP contribution in [0.4, 0.5) is 5.69 Å². The van der Waals surface area contributed by atoms with Crippen molar-refractivity contribution in [3.63, 3.8) is 0 Å². The van der Waals surface area contributed by atoms with Gasteiger partial charge in [-0.2, -0.15) is 0 Å². The molecule has 0 aliphatic carbocycles. The van der Waals surface area contributed by atoms with Gasteiger partial charge in [0, 0.05) is 12.6 Å². The maximum Gasteiger partial charge on any atom is 0.289 e. The molecule has 1 aromatic carbocycles. The summed E-state index contributed by atoms with van der Waals surface area (Å²) in [6.07, 6.45) is 0.418. The molecule has 0 saturated carbocycles. The first kappa shape index (κ1) is 17.8. The lowest BCUT2D eigenvalue weighted by molar-refractivity contribution is -0.384. The summed E-state index contributed by atoms with van der Waals surface area (Å²) in [6, 6.07) is 2.21. The van der Waals surface area contributed by atoms with Crippen molar-refractivity contribution in [2.75, 3.05) is 6.54 Å². The molecule has 0 aliphatic rings. The average Bonchev–Trinajstić information content (AvgIpc) is 2.33. The molecule has 1 rings (SSSR count). The van der Waals surface area contributed by atoms with Gasteiger partial charge in [-0.05, 0) is 38.3 Å². The molecule has 7 nitrogen and oxygen atoms in total. The molecule has 21 heavy (non-hydrogen) atoms. The van der Waals surface area contributed by atoms with Gasteiger partial charge in [-0.1, -0.05) is 11.6 Å². The summed E-state index contributed by atoms with van der Waals surface area (Å²) < 4.78 is 26.6. The van der Waals surface area contributed by atoms with Crippen LogP contribution in [0.5, 0.6) is 0 Å². The van der Waals surface area contributed by atoms with Crippen molar-refractivity contribution in [3.05, 3.63) is 32.8 Å². The second-order valence-corrected chi connectivity index (χ2v) is 6.86. The van der Waals surface area contributed by atoms with Crippen LogP contribution < -0.4 is 4.72 Å². The number of aliphatic hydroxyl groups excluding tert-OH is 1. The molecule has 0 fully saturated rings. The van der Waals surface area contributed by atoms with Gasteiger partial charge in [-0.3, -0.25) is 10.1 Å². The third-order valence-electron chi connectivity index (χ3n) is 2.82. The summed E-state index contributed by atoms with van der Waals surface area (Å²) >= 11 is 5.72. The molecule has 0 heterocycles. The van der Waals surface area contributed by atoms with Gasteiger partial charge < -0.3 is 5.11 Å². The third kappa shape index (κ3) is 4.92. The van der Waals surface area contributed by atoms with E-state index in [-0.39, 0.29) is 16.5 Å². The zero-order chi connectivity index (χ0) is 16.2. The first-order chi connectivity index (χ1) is 9.65. The monoisotopic (exact) mass is 336 g/mol. The second-order valence-electron chi connectivity index (χ2n) is 4.72. The Morgan fingerprint density at radius 1 is 1.48 bits per heavy atom. The van der Waals surface area contributed by atoms with E-state index in [0.29, 0.717) is 18.4 Å². The number of nitro benzene ring substituents is 1. The standard InChI is InChI=1S/C12H17ClN2O5S/c1-8-6-10(13)11(15(17)18)7-12(8)21(19,20)14-5-3-4-9(2)16/h6-7,9,14,16H,3-5H2,1-2H3. The Morgan fingerprint density at radius 3 is 2.62 bits per heavy atom. The fraction of sp³-hybridized carbons (Fsp3) is 0.500. The summed E-state index contributed by atoms with van der Waals surface area (Å²) in [5.41, 5.74) is -0.125. The number of nitrogens with one attached hydrogen (secondary N) is 1. The molecular formula is C12H17ClN2O5S. The molecule has 1 aromatic rings. The van der Waals surface area contributed by atoms with Gasteiger partial charge in [0.2, 0.25) is 10.0 Å². The summed E-state index contributed by atoms with van der Waals surface area (Å²) in [4.78, 5) is 9.93. The van der Waals surface area contributed by atoms with E-state index in [2.05, 4.69) is 4.72 Å². The molecule has 1 atom stereocenters. The molecule has 9 heteroatoms. The number of aryl methyl sites for hydroxylation is 1. The van der Waals surface area contributed by atoms with E-state index in [1.54, 1.807) is 6.92 Å². The smallest absolute Gasteiger partial charge is 0.289 e. The van der Waals surface area contributed by atoms with Crippen LogP contribution in [0.3, 0.4) is 0 Å². The summed E-state index contributed by atoms with van der Waals surface area (Å²) in [6.45, 7) is 3.27. The Kier molecular flexibility index (Phi) is 6.09. The van der Waals surface area contributed by atoms with Gasteiger partial charge in [0.05, 0.1) is 15.9 Å². The maximum absolute atomic E-state index is 12.1. The van der Waals surface area contributed by atoms with Gasteiger partial charge in [0.15, 0.2) is 0 Å². The normalized spacial score (nSPS) is 13.1. The Labute approximate surface area is 128 Å². The Bertz CT molecular complexity index is 631. The van der Waals surface area contributed by atoms with Crippen LogP contribution in [0.1, 0.15) is 25.3 Å². The number of aliphatic hydroxyl groups is 1. The maximum atomic E-state index is 12.1. The first-order valence-electron chi connectivity index (χ1n) is 6.27. The number of hydrogen-bond acceptors (Lipinski definition) is 5. The molecule has 0 saturated heterocycles. The number of hydrogen-bond donors (Lipinski definition) is 2. The molecule has 0 spiro atoms. The highest BCUT2D eigenvalue weighted by atomic mass is 35.5. The molecule has 0 aromatic heterocycles. The molecule has 0 radical (unpaired) electrons. The fourth-order valence-electron chi connectivity index (χ4n) is 1.75. The third-order valence-corrected chi connectivity index (χ3v) is 4.73. The average molecular weight is 337 g/mol. The molecule has 0 amide bonds. The van der Waals surface area contributed by atoms with E-state index in [4.69, 9.17) is 16.7 Å². The highest BCUT2D eigenvalue weighted by Crippen LogP contribution is 2.29. The molecule has 118 valence electrons. The minimum absolute atomic E-state index is 0.106. The lowest BCUT2D eigenvalue weighted by atomic mass is 10.2. The van der Waals surface area contributed by atoms with Crippen molar-refractivity contribution in [2.45, 2.75) is 37.7 Å². The lowest BCUT2D eigenvalue weighted by Gasteiger charge is -2.10. The van der Waals surface area contributed by atoms with Crippen LogP contribution >= 0.6 is 11.6 Å². The number of benzene rings is 1. The highest BCUT2D eigenvalue weighted by Gasteiger charge is 2.23. The number of halogens is 1. The first-order valence-corrected chi connectivity index (χ1v) is 8.13. The van der Waals surface area contributed by atoms with Crippen LogP contribution in [-0.4, -0.2) is 31.1 Å². The molecule has 0 aliphatic heterocycles. The van der Waals surface area contributed by atoms with E-state index in [0.717, 1.165) is 6.07 Å². The van der Waals surface area contributed by atoms with Crippen molar-refractivity contribution in [2.24, 2.45) is 0 Å². The topological polar surface area (TPSA) is 110 Å².